The monoisotopic (exact) mass is 249 g/mol. The fourth-order valence-electron chi connectivity index (χ4n) is 2.46. The summed E-state index contributed by atoms with van der Waals surface area (Å²) in [5, 5.41) is 3.17. The van der Waals surface area contributed by atoms with Crippen molar-refractivity contribution in [3.8, 4) is 5.88 Å². The first kappa shape index (κ1) is 13.1. The van der Waals surface area contributed by atoms with Crippen molar-refractivity contribution in [3.63, 3.8) is 0 Å². The molecule has 4 heteroatoms. The number of hydrogen-bond acceptors (Lipinski definition) is 4. The summed E-state index contributed by atoms with van der Waals surface area (Å²) in [5.74, 6) is 3.07. The average molecular weight is 249 g/mol. The van der Waals surface area contributed by atoms with E-state index in [0.717, 1.165) is 37.0 Å². The summed E-state index contributed by atoms with van der Waals surface area (Å²) in [6.07, 6.45) is 5.37. The van der Waals surface area contributed by atoms with Gasteiger partial charge < -0.3 is 10.1 Å². The maximum absolute atomic E-state index is 5.97. The zero-order valence-corrected chi connectivity index (χ0v) is 11.5. The molecule has 0 saturated heterocycles. The van der Waals surface area contributed by atoms with E-state index in [2.05, 4.69) is 29.1 Å². The van der Waals surface area contributed by atoms with Gasteiger partial charge >= 0.3 is 0 Å². The summed E-state index contributed by atoms with van der Waals surface area (Å²) < 4.78 is 5.97. The average Bonchev–Trinajstić information content (AvgIpc) is 2.35. The van der Waals surface area contributed by atoms with Crippen LogP contribution in [0.15, 0.2) is 12.4 Å². The highest BCUT2D eigenvalue weighted by atomic mass is 16.5. The summed E-state index contributed by atoms with van der Waals surface area (Å²) in [4.78, 5) is 8.33. The van der Waals surface area contributed by atoms with E-state index in [0.29, 0.717) is 12.0 Å². The van der Waals surface area contributed by atoms with E-state index in [-0.39, 0.29) is 0 Å². The van der Waals surface area contributed by atoms with Gasteiger partial charge in [-0.25, -0.2) is 9.97 Å². The Labute approximate surface area is 109 Å². The van der Waals surface area contributed by atoms with Crippen molar-refractivity contribution in [1.82, 2.24) is 9.97 Å². The van der Waals surface area contributed by atoms with Crippen LogP contribution in [0.2, 0.25) is 0 Å². The molecule has 1 aromatic rings. The lowest BCUT2D eigenvalue weighted by molar-refractivity contribution is 0.0964. The second kappa shape index (κ2) is 6.03. The zero-order chi connectivity index (χ0) is 13.0. The molecule has 100 valence electrons. The molecule has 0 radical (unpaired) electrons. The van der Waals surface area contributed by atoms with Crippen LogP contribution in [0, 0.1) is 11.8 Å². The molecule has 1 heterocycles. The molecule has 0 aliphatic heterocycles. The molecule has 18 heavy (non-hydrogen) atoms. The maximum atomic E-state index is 5.97. The molecule has 0 spiro atoms. The van der Waals surface area contributed by atoms with Gasteiger partial charge in [0.25, 0.3) is 0 Å². The molecule has 0 bridgehead atoms. The van der Waals surface area contributed by atoms with E-state index < -0.39 is 0 Å². The van der Waals surface area contributed by atoms with E-state index >= 15 is 0 Å². The molecule has 2 rings (SSSR count). The van der Waals surface area contributed by atoms with Gasteiger partial charge in [0.2, 0.25) is 5.88 Å². The van der Waals surface area contributed by atoms with Crippen LogP contribution in [0.5, 0.6) is 5.88 Å². The third kappa shape index (κ3) is 3.34. The van der Waals surface area contributed by atoms with Gasteiger partial charge in [0.05, 0.1) is 0 Å². The molecular formula is C14H23N3O. The Morgan fingerprint density at radius 3 is 2.83 bits per heavy atom. The van der Waals surface area contributed by atoms with Crippen molar-refractivity contribution in [2.45, 2.75) is 46.1 Å². The summed E-state index contributed by atoms with van der Waals surface area (Å²) >= 11 is 0. The normalized spacial score (nSPS) is 27.8. The van der Waals surface area contributed by atoms with Gasteiger partial charge in [-0.3, -0.25) is 0 Å². The molecule has 0 amide bonds. The lowest BCUT2D eigenvalue weighted by Crippen LogP contribution is -2.29. The van der Waals surface area contributed by atoms with E-state index in [4.69, 9.17) is 4.74 Å². The van der Waals surface area contributed by atoms with Crippen LogP contribution >= 0.6 is 0 Å². The Morgan fingerprint density at radius 1 is 1.28 bits per heavy atom. The van der Waals surface area contributed by atoms with Gasteiger partial charge in [0, 0.05) is 12.6 Å². The minimum Gasteiger partial charge on any atom is -0.474 e. The molecule has 1 fully saturated rings. The fraction of sp³-hybridized carbons (Fsp3) is 0.714. The predicted octanol–water partition coefficient (Wildman–Crippen LogP) is 3.11. The molecular weight excluding hydrogens is 226 g/mol. The predicted molar refractivity (Wildman–Crippen MR) is 72.8 cm³/mol. The molecule has 3 unspecified atom stereocenters. The largest absolute Gasteiger partial charge is 0.474 e. The van der Waals surface area contributed by atoms with Crippen LogP contribution in [0.25, 0.3) is 0 Å². The highest BCUT2D eigenvalue weighted by Crippen LogP contribution is 2.31. The molecule has 1 aliphatic rings. The molecule has 0 aromatic carbocycles. The van der Waals surface area contributed by atoms with Crippen molar-refractivity contribution in [2.24, 2.45) is 11.8 Å². The first-order valence-electron chi connectivity index (χ1n) is 6.91. The van der Waals surface area contributed by atoms with Crippen molar-refractivity contribution in [3.05, 3.63) is 12.4 Å². The lowest BCUT2D eigenvalue weighted by Gasteiger charge is -2.31. The van der Waals surface area contributed by atoms with Gasteiger partial charge in [-0.2, -0.15) is 0 Å². The SMILES string of the molecule is CCNc1cc(OC2CCC(C)C(C)C2)ncn1. The number of hydrogen-bond donors (Lipinski definition) is 1. The minimum atomic E-state index is 0.306. The summed E-state index contributed by atoms with van der Waals surface area (Å²) in [5.41, 5.74) is 0. The number of nitrogens with zero attached hydrogens (tertiary/aromatic N) is 2. The standard InChI is InChI=1S/C14H23N3O/c1-4-15-13-8-14(17-9-16-13)18-12-6-5-10(2)11(3)7-12/h8-12H,4-7H2,1-3H3,(H,15,16,17). The van der Waals surface area contributed by atoms with Crippen LogP contribution in [-0.4, -0.2) is 22.6 Å². The highest BCUT2D eigenvalue weighted by Gasteiger charge is 2.25. The third-order valence-corrected chi connectivity index (χ3v) is 3.84. The number of anilines is 1. The Hall–Kier alpha value is -1.32. The van der Waals surface area contributed by atoms with E-state index in [1.165, 1.54) is 6.42 Å². The van der Waals surface area contributed by atoms with Gasteiger partial charge in [0.15, 0.2) is 0 Å². The van der Waals surface area contributed by atoms with Crippen LogP contribution < -0.4 is 10.1 Å². The van der Waals surface area contributed by atoms with Crippen molar-refractivity contribution in [1.29, 1.82) is 0 Å². The summed E-state index contributed by atoms with van der Waals surface area (Å²) in [6, 6.07) is 1.88. The van der Waals surface area contributed by atoms with Crippen LogP contribution in [0.1, 0.15) is 40.0 Å². The Kier molecular flexibility index (Phi) is 4.39. The first-order chi connectivity index (χ1) is 8.69. The minimum absolute atomic E-state index is 0.306. The molecule has 1 aliphatic carbocycles. The van der Waals surface area contributed by atoms with E-state index in [1.54, 1.807) is 6.33 Å². The quantitative estimate of drug-likeness (QED) is 0.890. The first-order valence-corrected chi connectivity index (χ1v) is 6.91. The van der Waals surface area contributed by atoms with Gasteiger partial charge in [-0.1, -0.05) is 13.8 Å². The van der Waals surface area contributed by atoms with E-state index in [1.807, 2.05) is 13.0 Å². The van der Waals surface area contributed by atoms with Crippen LogP contribution in [0.3, 0.4) is 0 Å². The second-order valence-corrected chi connectivity index (χ2v) is 5.28. The Bertz CT molecular complexity index is 383. The molecule has 4 nitrogen and oxygen atoms in total. The summed E-state index contributed by atoms with van der Waals surface area (Å²) in [7, 11) is 0. The number of aromatic nitrogens is 2. The third-order valence-electron chi connectivity index (χ3n) is 3.84. The molecule has 1 saturated carbocycles. The maximum Gasteiger partial charge on any atom is 0.218 e. The molecule has 1 aromatic heterocycles. The van der Waals surface area contributed by atoms with Gasteiger partial charge in [-0.05, 0) is 38.0 Å². The van der Waals surface area contributed by atoms with E-state index in [9.17, 15) is 0 Å². The van der Waals surface area contributed by atoms with Gasteiger partial charge in [0.1, 0.15) is 18.2 Å². The van der Waals surface area contributed by atoms with Crippen molar-refractivity contribution >= 4 is 5.82 Å². The Balaban J connectivity index is 1.94. The van der Waals surface area contributed by atoms with Crippen molar-refractivity contribution in [2.75, 3.05) is 11.9 Å². The fourth-order valence-corrected chi connectivity index (χ4v) is 2.46. The Morgan fingerprint density at radius 2 is 2.11 bits per heavy atom. The zero-order valence-electron chi connectivity index (χ0n) is 11.5. The smallest absolute Gasteiger partial charge is 0.218 e. The van der Waals surface area contributed by atoms with Crippen molar-refractivity contribution < 1.29 is 4.74 Å². The van der Waals surface area contributed by atoms with Crippen LogP contribution in [0.4, 0.5) is 5.82 Å². The summed E-state index contributed by atoms with van der Waals surface area (Å²) in [6.45, 7) is 7.54. The van der Waals surface area contributed by atoms with Gasteiger partial charge in [-0.15, -0.1) is 0 Å². The number of ether oxygens (including phenoxy) is 1. The second-order valence-electron chi connectivity index (χ2n) is 5.28. The molecule has 3 atom stereocenters. The number of nitrogens with one attached hydrogen (secondary N) is 1. The molecule has 1 N–H and O–H groups in total. The van der Waals surface area contributed by atoms with Crippen LogP contribution in [-0.2, 0) is 0 Å². The topological polar surface area (TPSA) is 47.0 Å². The number of rotatable bonds is 4. The lowest BCUT2D eigenvalue weighted by atomic mass is 9.80. The highest BCUT2D eigenvalue weighted by molar-refractivity contribution is 5.36.